The summed E-state index contributed by atoms with van der Waals surface area (Å²) in [5.41, 5.74) is 0.906. The summed E-state index contributed by atoms with van der Waals surface area (Å²) in [6.07, 6.45) is -0.282. The average Bonchev–Trinajstić information content (AvgIpc) is 2.98. The second-order valence-corrected chi connectivity index (χ2v) is 10.00. The predicted octanol–water partition coefficient (Wildman–Crippen LogP) is 3.24. The molecule has 0 aromatic heterocycles. The first-order valence-corrected chi connectivity index (χ1v) is 13.4. The van der Waals surface area contributed by atoms with Crippen LogP contribution in [-0.2, 0) is 25.5 Å². The number of rotatable bonds is 13. The largest absolute Gasteiger partial charge is 0.491 e. The molecule has 0 amide bonds. The summed E-state index contributed by atoms with van der Waals surface area (Å²) in [5.74, 6) is -3.36. The molecule has 0 saturated carbocycles. The number of esters is 2. The molecule has 0 aliphatic carbocycles. The lowest BCUT2D eigenvalue weighted by Crippen LogP contribution is -2.37. The van der Waals surface area contributed by atoms with Crippen molar-refractivity contribution >= 4 is 23.3 Å². The number of nitriles is 1. The van der Waals surface area contributed by atoms with Crippen molar-refractivity contribution in [1.82, 2.24) is 5.32 Å². The van der Waals surface area contributed by atoms with Gasteiger partial charge >= 0.3 is 11.9 Å². The number of aliphatic hydroxyl groups excluding tert-OH is 1. The first-order valence-electron chi connectivity index (χ1n) is 13.4. The normalized spacial score (nSPS) is 17.2. The first-order chi connectivity index (χ1) is 20.0. The van der Waals surface area contributed by atoms with Crippen LogP contribution in [-0.4, -0.2) is 66.7 Å². The van der Waals surface area contributed by atoms with Crippen molar-refractivity contribution in [2.24, 2.45) is 10.9 Å². The van der Waals surface area contributed by atoms with Crippen LogP contribution in [0, 0.1) is 27.4 Å². The second-order valence-electron chi connectivity index (χ2n) is 10.00. The molecule has 1 aliphatic heterocycles. The van der Waals surface area contributed by atoms with Crippen LogP contribution in [0.3, 0.4) is 0 Å². The van der Waals surface area contributed by atoms with Gasteiger partial charge in [-0.15, -0.1) is 0 Å². The second kappa shape index (κ2) is 14.9. The van der Waals surface area contributed by atoms with Crippen LogP contribution in [0.5, 0.6) is 5.75 Å². The number of allylic oxidation sites excluding steroid dienone is 1. The fraction of sp³-hybridized carbons (Fsp3) is 0.400. The summed E-state index contributed by atoms with van der Waals surface area (Å²) in [7, 11) is 1.15. The van der Waals surface area contributed by atoms with Gasteiger partial charge in [-0.2, -0.15) is 5.26 Å². The van der Waals surface area contributed by atoms with Crippen molar-refractivity contribution in [2.45, 2.75) is 45.3 Å². The van der Waals surface area contributed by atoms with E-state index in [0.29, 0.717) is 18.7 Å². The monoisotopic (exact) mass is 578 g/mol. The Labute approximate surface area is 243 Å². The third kappa shape index (κ3) is 8.22. The van der Waals surface area contributed by atoms with E-state index in [1.165, 1.54) is 31.2 Å². The fourth-order valence-corrected chi connectivity index (χ4v) is 4.51. The van der Waals surface area contributed by atoms with Crippen molar-refractivity contribution in [1.29, 1.82) is 5.26 Å². The van der Waals surface area contributed by atoms with Crippen LogP contribution in [0.15, 0.2) is 64.8 Å². The highest BCUT2D eigenvalue weighted by molar-refractivity contribution is 6.14. The zero-order valence-corrected chi connectivity index (χ0v) is 23.9. The van der Waals surface area contributed by atoms with Gasteiger partial charge in [-0.25, -0.2) is 9.79 Å². The Morgan fingerprint density at radius 1 is 1.21 bits per heavy atom. The molecule has 3 rings (SSSR count). The van der Waals surface area contributed by atoms with Crippen LogP contribution in [0.4, 0.5) is 5.69 Å². The molecule has 1 heterocycles. The number of ether oxygens (including phenoxy) is 3. The SMILES string of the molecule is COC(=O)C1C(C#N)=NC(C)=C(C(=O)OCCc2ccc(OCC(O)CNC(C)C)cc2)C1c1cccc([N+](=O)[O-])c1. The standard InChI is InChI=1S/C30H34N4O8/c1-18(2)32-16-23(35)17-42-24-10-8-20(9-11-24)12-13-41-30(37)26-19(3)33-25(15-31)28(29(36)40-4)27(26)21-6-5-7-22(14-21)34(38)39/h5-11,14,18,23,27-28,32,35H,12-13,16-17H2,1-4H3. The molecule has 0 spiro atoms. The summed E-state index contributed by atoms with van der Waals surface area (Å²) in [6.45, 7) is 6.05. The van der Waals surface area contributed by atoms with Gasteiger partial charge in [0.05, 0.1) is 24.2 Å². The molecule has 3 atom stereocenters. The van der Waals surface area contributed by atoms with Gasteiger partial charge in [0, 0.05) is 42.8 Å². The molecule has 0 fully saturated rings. The van der Waals surface area contributed by atoms with Crippen LogP contribution in [0.25, 0.3) is 0 Å². The number of aliphatic imine (C=N–C) groups is 1. The lowest BCUT2D eigenvalue weighted by Gasteiger charge is -2.30. The minimum Gasteiger partial charge on any atom is -0.491 e. The maximum absolute atomic E-state index is 13.4. The molecule has 2 N–H and O–H groups in total. The number of carbonyl (C=O) groups excluding carboxylic acids is 2. The number of hydrogen-bond donors (Lipinski definition) is 2. The van der Waals surface area contributed by atoms with E-state index in [1.807, 2.05) is 32.0 Å². The molecule has 222 valence electrons. The van der Waals surface area contributed by atoms with Gasteiger partial charge in [-0.3, -0.25) is 14.9 Å². The Morgan fingerprint density at radius 3 is 2.55 bits per heavy atom. The van der Waals surface area contributed by atoms with Crippen LogP contribution < -0.4 is 10.1 Å². The molecule has 1 aliphatic rings. The summed E-state index contributed by atoms with van der Waals surface area (Å²) >= 11 is 0. The summed E-state index contributed by atoms with van der Waals surface area (Å²) in [5, 5.41) is 34.3. The number of methoxy groups -OCH3 is 1. The molecular formula is C30H34N4O8. The van der Waals surface area contributed by atoms with Crippen molar-refractivity contribution < 1.29 is 33.8 Å². The van der Waals surface area contributed by atoms with E-state index in [9.17, 15) is 30.1 Å². The van der Waals surface area contributed by atoms with Gasteiger partial charge in [0.2, 0.25) is 0 Å². The molecule has 42 heavy (non-hydrogen) atoms. The first kappa shape index (κ1) is 31.9. The summed E-state index contributed by atoms with van der Waals surface area (Å²) < 4.78 is 16.1. The van der Waals surface area contributed by atoms with E-state index >= 15 is 0 Å². The van der Waals surface area contributed by atoms with Gasteiger partial charge in [0.15, 0.2) is 0 Å². The zero-order chi connectivity index (χ0) is 30.8. The van der Waals surface area contributed by atoms with Crippen molar-refractivity contribution in [3.63, 3.8) is 0 Å². The van der Waals surface area contributed by atoms with Crippen LogP contribution >= 0.6 is 0 Å². The average molecular weight is 579 g/mol. The topological polar surface area (TPSA) is 173 Å². The smallest absolute Gasteiger partial charge is 0.336 e. The summed E-state index contributed by atoms with van der Waals surface area (Å²) in [4.78, 5) is 41.2. The van der Waals surface area contributed by atoms with Crippen LogP contribution in [0.2, 0.25) is 0 Å². The number of nitrogens with one attached hydrogen (secondary N) is 1. The number of benzene rings is 2. The van der Waals surface area contributed by atoms with E-state index in [-0.39, 0.29) is 47.5 Å². The maximum atomic E-state index is 13.4. The van der Waals surface area contributed by atoms with E-state index in [4.69, 9.17) is 14.2 Å². The molecule has 2 aromatic carbocycles. The van der Waals surface area contributed by atoms with E-state index < -0.39 is 34.8 Å². The van der Waals surface area contributed by atoms with E-state index in [1.54, 1.807) is 12.1 Å². The molecule has 12 heteroatoms. The Morgan fingerprint density at radius 2 is 1.93 bits per heavy atom. The highest BCUT2D eigenvalue weighted by Crippen LogP contribution is 2.41. The molecular weight excluding hydrogens is 544 g/mol. The van der Waals surface area contributed by atoms with Gasteiger partial charge in [-0.05, 0) is 30.2 Å². The number of non-ortho nitro benzene ring substituents is 1. The molecule has 2 aromatic rings. The zero-order valence-electron chi connectivity index (χ0n) is 23.9. The van der Waals surface area contributed by atoms with Crippen LogP contribution in [0.1, 0.15) is 37.8 Å². The molecule has 0 bridgehead atoms. The number of carbonyl (C=O) groups is 2. The quantitative estimate of drug-likeness (QED) is 0.204. The molecule has 0 radical (unpaired) electrons. The number of aliphatic hydroxyl groups is 1. The highest BCUT2D eigenvalue weighted by Gasteiger charge is 2.44. The number of nitro groups is 1. The lowest BCUT2D eigenvalue weighted by atomic mass is 9.75. The van der Waals surface area contributed by atoms with Crippen molar-refractivity contribution in [3.05, 3.63) is 81.0 Å². The maximum Gasteiger partial charge on any atom is 0.336 e. The Kier molecular flexibility index (Phi) is 11.3. The fourth-order valence-electron chi connectivity index (χ4n) is 4.51. The molecule has 12 nitrogen and oxygen atoms in total. The summed E-state index contributed by atoms with van der Waals surface area (Å²) in [6, 6.07) is 14.8. The van der Waals surface area contributed by atoms with Crippen molar-refractivity contribution in [2.75, 3.05) is 26.9 Å². The van der Waals surface area contributed by atoms with Gasteiger partial charge in [0.1, 0.15) is 36.2 Å². The predicted molar refractivity (Wildman–Crippen MR) is 153 cm³/mol. The Bertz CT molecular complexity index is 1390. The highest BCUT2D eigenvalue weighted by atomic mass is 16.6. The molecule has 0 saturated heterocycles. The Hall–Kier alpha value is -4.60. The molecule has 3 unspecified atom stereocenters. The number of nitro benzene ring substituents is 1. The van der Waals surface area contributed by atoms with E-state index in [0.717, 1.165) is 12.7 Å². The van der Waals surface area contributed by atoms with Gasteiger partial charge < -0.3 is 24.6 Å². The van der Waals surface area contributed by atoms with Gasteiger partial charge in [-0.1, -0.05) is 38.1 Å². The minimum absolute atomic E-state index is 0.00519. The third-order valence-corrected chi connectivity index (χ3v) is 6.60. The van der Waals surface area contributed by atoms with Gasteiger partial charge in [0.25, 0.3) is 5.69 Å². The number of hydrogen-bond acceptors (Lipinski definition) is 11. The minimum atomic E-state index is -1.29. The third-order valence-electron chi connectivity index (χ3n) is 6.60. The lowest BCUT2D eigenvalue weighted by molar-refractivity contribution is -0.384. The number of nitrogens with zero attached hydrogens (tertiary/aromatic N) is 3. The van der Waals surface area contributed by atoms with E-state index in [2.05, 4.69) is 10.3 Å². The Balaban J connectivity index is 1.74. The van der Waals surface area contributed by atoms with Crippen molar-refractivity contribution in [3.8, 4) is 11.8 Å².